The Morgan fingerprint density at radius 1 is 1.11 bits per heavy atom. The highest BCUT2D eigenvalue weighted by atomic mass is 16.6. The van der Waals surface area contributed by atoms with Crippen LogP contribution in [-0.4, -0.2) is 84.3 Å². The Morgan fingerprint density at radius 3 is 2.32 bits per heavy atom. The largest absolute Gasteiger partial charge is 0.466 e. The van der Waals surface area contributed by atoms with Crippen LogP contribution in [0.4, 0.5) is 0 Å². The lowest BCUT2D eigenvalue weighted by atomic mass is 9.83. The first kappa shape index (κ1) is 28.1. The molecule has 2 saturated heterocycles. The number of esters is 5. The van der Waals surface area contributed by atoms with Gasteiger partial charge < -0.3 is 33.5 Å². The minimum Gasteiger partial charge on any atom is -0.466 e. The molecule has 0 amide bonds. The maximum Gasteiger partial charge on any atom is 0.342 e. The fourth-order valence-electron chi connectivity index (χ4n) is 4.26. The summed E-state index contributed by atoms with van der Waals surface area (Å²) in [5.41, 5.74) is -2.02. The quantitative estimate of drug-likeness (QED) is 0.169. The van der Waals surface area contributed by atoms with Gasteiger partial charge in [-0.2, -0.15) is 0 Å². The molecule has 12 nitrogen and oxygen atoms in total. The maximum absolute atomic E-state index is 13.3. The number of ether oxygens (including phenoxy) is 6. The average Bonchev–Trinajstić information content (AvgIpc) is 3.52. The third-order valence-corrected chi connectivity index (χ3v) is 6.47. The van der Waals surface area contributed by atoms with Crippen LogP contribution in [-0.2, 0) is 52.4 Å². The normalized spacial score (nSPS) is 32.5. The Kier molecular flexibility index (Phi) is 7.94. The van der Waals surface area contributed by atoms with E-state index in [0.29, 0.717) is 5.57 Å². The summed E-state index contributed by atoms with van der Waals surface area (Å²) < 4.78 is 32.1. The number of aliphatic hydroxyl groups is 1. The number of rotatable bonds is 6. The van der Waals surface area contributed by atoms with Gasteiger partial charge in [0.15, 0.2) is 17.8 Å². The summed E-state index contributed by atoms with van der Waals surface area (Å²) in [6.45, 7) is 10.0. The van der Waals surface area contributed by atoms with Crippen molar-refractivity contribution in [1.82, 2.24) is 0 Å². The molecular formula is C25H30O12. The van der Waals surface area contributed by atoms with Gasteiger partial charge in [0.05, 0.1) is 18.6 Å². The molecule has 0 saturated carbocycles. The molecule has 2 heterocycles. The van der Waals surface area contributed by atoms with Crippen molar-refractivity contribution in [3.05, 3.63) is 35.5 Å². The van der Waals surface area contributed by atoms with Crippen molar-refractivity contribution in [3.63, 3.8) is 0 Å². The molecule has 202 valence electrons. The van der Waals surface area contributed by atoms with Crippen LogP contribution in [0, 0.1) is 5.92 Å². The van der Waals surface area contributed by atoms with Gasteiger partial charge in [-0.25, -0.2) is 14.4 Å². The molecule has 2 fully saturated rings. The van der Waals surface area contributed by atoms with Crippen LogP contribution in [0.3, 0.4) is 0 Å². The van der Waals surface area contributed by atoms with Crippen molar-refractivity contribution < 1.29 is 57.5 Å². The van der Waals surface area contributed by atoms with Crippen molar-refractivity contribution in [1.29, 1.82) is 0 Å². The van der Waals surface area contributed by atoms with Gasteiger partial charge in [-0.05, 0) is 38.5 Å². The van der Waals surface area contributed by atoms with Gasteiger partial charge in [-0.3, -0.25) is 9.59 Å². The summed E-state index contributed by atoms with van der Waals surface area (Å²) in [6, 6.07) is 0. The van der Waals surface area contributed by atoms with Crippen LogP contribution >= 0.6 is 0 Å². The molecule has 0 aromatic heterocycles. The second-order valence-corrected chi connectivity index (χ2v) is 9.27. The summed E-state index contributed by atoms with van der Waals surface area (Å²) >= 11 is 0. The van der Waals surface area contributed by atoms with Gasteiger partial charge >= 0.3 is 29.8 Å². The predicted molar refractivity (Wildman–Crippen MR) is 122 cm³/mol. The Labute approximate surface area is 213 Å². The summed E-state index contributed by atoms with van der Waals surface area (Å²) in [5.74, 6) is -5.72. The zero-order valence-corrected chi connectivity index (χ0v) is 21.3. The van der Waals surface area contributed by atoms with Crippen molar-refractivity contribution >= 4 is 29.8 Å². The second kappa shape index (κ2) is 10.5. The van der Waals surface area contributed by atoms with Crippen LogP contribution in [0.2, 0.25) is 0 Å². The second-order valence-electron chi connectivity index (χ2n) is 9.27. The van der Waals surface area contributed by atoms with Crippen molar-refractivity contribution in [2.24, 2.45) is 5.92 Å². The number of methoxy groups -OCH3 is 1. The van der Waals surface area contributed by atoms with Crippen LogP contribution < -0.4 is 0 Å². The lowest BCUT2D eigenvalue weighted by molar-refractivity contribution is -0.196. The minimum absolute atomic E-state index is 0.116. The molecule has 1 aliphatic carbocycles. The highest BCUT2D eigenvalue weighted by Gasteiger charge is 2.54. The molecular weight excluding hydrogens is 492 g/mol. The molecule has 2 aliphatic heterocycles. The number of epoxide rings is 1. The highest BCUT2D eigenvalue weighted by Crippen LogP contribution is 2.41. The fraction of sp³-hybridized carbons (Fsp3) is 0.560. The van der Waals surface area contributed by atoms with Crippen LogP contribution in [0.1, 0.15) is 34.6 Å². The zero-order valence-electron chi connectivity index (χ0n) is 21.3. The van der Waals surface area contributed by atoms with E-state index in [0.717, 1.165) is 27.9 Å². The van der Waals surface area contributed by atoms with Gasteiger partial charge in [0.1, 0.15) is 24.4 Å². The zero-order chi connectivity index (χ0) is 27.8. The van der Waals surface area contributed by atoms with Gasteiger partial charge in [0.2, 0.25) is 0 Å². The lowest BCUT2D eigenvalue weighted by Crippen LogP contribution is -2.53. The Bertz CT molecular complexity index is 1080. The molecule has 8 unspecified atom stereocenters. The van der Waals surface area contributed by atoms with E-state index in [1.54, 1.807) is 13.0 Å². The van der Waals surface area contributed by atoms with Crippen molar-refractivity contribution in [2.75, 3.05) is 7.11 Å². The summed E-state index contributed by atoms with van der Waals surface area (Å²) in [5, 5.41) is 10.9. The first-order chi connectivity index (χ1) is 17.2. The van der Waals surface area contributed by atoms with E-state index in [1.807, 2.05) is 0 Å². The van der Waals surface area contributed by atoms with E-state index >= 15 is 0 Å². The molecule has 0 bridgehead atoms. The topological polar surface area (TPSA) is 164 Å². The number of fused-ring (bicyclic) bond motifs is 2. The molecule has 37 heavy (non-hydrogen) atoms. The molecule has 3 aliphatic rings. The van der Waals surface area contributed by atoms with E-state index in [1.165, 1.54) is 13.0 Å². The smallest absolute Gasteiger partial charge is 0.342 e. The maximum atomic E-state index is 13.3. The first-order valence-corrected chi connectivity index (χ1v) is 11.5. The highest BCUT2D eigenvalue weighted by molar-refractivity contribution is 5.93. The molecule has 0 aromatic carbocycles. The number of carbonyl (C=O) groups excluding carboxylic acids is 5. The van der Waals surface area contributed by atoms with Gasteiger partial charge in [-0.1, -0.05) is 6.58 Å². The summed E-state index contributed by atoms with van der Waals surface area (Å²) in [6.07, 6.45) is -3.61. The first-order valence-electron chi connectivity index (χ1n) is 11.5. The van der Waals surface area contributed by atoms with Crippen LogP contribution in [0.5, 0.6) is 0 Å². The molecule has 8 atom stereocenters. The van der Waals surface area contributed by atoms with Crippen molar-refractivity contribution in [2.45, 2.75) is 76.8 Å². The van der Waals surface area contributed by atoms with Gasteiger partial charge in [-0.15, -0.1) is 0 Å². The monoisotopic (exact) mass is 522 g/mol. The Morgan fingerprint density at radius 2 is 1.76 bits per heavy atom. The Balaban J connectivity index is 2.16. The van der Waals surface area contributed by atoms with E-state index in [9.17, 15) is 29.1 Å². The molecule has 0 radical (unpaired) electrons. The standard InChI is InChI=1S/C25H30O12/c1-10-8-16-18(11(2)22(28)36-16)21(37-24(30)25(6,31)12(3)33-13(4)26)20(34-14(5)27)15(23(29)32-7)9-17-19(10)35-17/h8-9,12,16-21,31H,2H2,1,3-7H3/b10-8?,15-9-. The number of hydrogen-bond donors (Lipinski definition) is 1. The fourth-order valence-corrected chi connectivity index (χ4v) is 4.26. The van der Waals surface area contributed by atoms with Crippen LogP contribution in [0.25, 0.3) is 0 Å². The Hall–Kier alpha value is -3.51. The molecule has 3 rings (SSSR count). The lowest BCUT2D eigenvalue weighted by Gasteiger charge is -2.36. The van der Waals surface area contributed by atoms with E-state index in [-0.39, 0.29) is 11.1 Å². The summed E-state index contributed by atoms with van der Waals surface area (Å²) in [4.78, 5) is 62.2. The molecule has 12 heteroatoms. The van der Waals surface area contributed by atoms with E-state index in [2.05, 4.69) is 6.58 Å². The van der Waals surface area contributed by atoms with Crippen LogP contribution in [0.15, 0.2) is 35.5 Å². The van der Waals surface area contributed by atoms with Gasteiger partial charge in [0.25, 0.3) is 0 Å². The minimum atomic E-state index is -2.37. The van der Waals surface area contributed by atoms with Crippen molar-refractivity contribution in [3.8, 4) is 0 Å². The average molecular weight is 523 g/mol. The molecule has 0 aromatic rings. The SMILES string of the molecule is C=C1C(=O)OC2C=C(C)C3OC3/C=C(\C(=O)OC)C(OC(C)=O)C(OC(=O)C(C)(O)C(C)OC(C)=O)C12. The van der Waals surface area contributed by atoms with E-state index < -0.39 is 78.0 Å². The molecule has 0 spiro atoms. The van der Waals surface area contributed by atoms with E-state index in [4.69, 9.17) is 28.4 Å². The third kappa shape index (κ3) is 5.75. The third-order valence-electron chi connectivity index (χ3n) is 6.47. The van der Waals surface area contributed by atoms with Gasteiger partial charge in [0, 0.05) is 19.4 Å². The number of carbonyl (C=O) groups is 5. The molecule has 1 N–H and O–H groups in total. The number of hydrogen-bond acceptors (Lipinski definition) is 12. The predicted octanol–water partition coefficient (Wildman–Crippen LogP) is 0.457. The summed E-state index contributed by atoms with van der Waals surface area (Å²) in [7, 11) is 1.11.